The normalized spacial score (nSPS) is 11.1. The number of rotatable bonds is 1. The topological polar surface area (TPSA) is 0 Å². The summed E-state index contributed by atoms with van der Waals surface area (Å²) in [5.74, 6) is 7.17. The van der Waals surface area contributed by atoms with Crippen molar-refractivity contribution in [1.29, 1.82) is 0 Å². The van der Waals surface area contributed by atoms with Crippen molar-refractivity contribution in [3.8, 4) is 11.8 Å². The van der Waals surface area contributed by atoms with Gasteiger partial charge in [-0.25, -0.2) is 0 Å². The van der Waals surface area contributed by atoms with Crippen LogP contribution >= 0.6 is 0 Å². The van der Waals surface area contributed by atoms with E-state index in [-0.39, 0.29) is 5.41 Å². The summed E-state index contributed by atoms with van der Waals surface area (Å²) in [6.07, 6.45) is 0. The van der Waals surface area contributed by atoms with Crippen LogP contribution in [0.5, 0.6) is 0 Å². The van der Waals surface area contributed by atoms with E-state index in [9.17, 15) is 0 Å². The zero-order chi connectivity index (χ0) is 11.5. The molecule has 0 heterocycles. The summed E-state index contributed by atoms with van der Waals surface area (Å²) >= 11 is 0. The molecule has 1 aromatic carbocycles. The maximum Gasteiger partial charge on any atom is 0.0285 e. The summed E-state index contributed by atoms with van der Waals surface area (Å²) < 4.78 is 0. The van der Waals surface area contributed by atoms with E-state index in [4.69, 9.17) is 0 Å². The van der Waals surface area contributed by atoms with Gasteiger partial charge in [0.15, 0.2) is 0 Å². The second kappa shape index (κ2) is 4.53. The van der Waals surface area contributed by atoms with E-state index >= 15 is 0 Å². The van der Waals surface area contributed by atoms with Gasteiger partial charge in [0.1, 0.15) is 0 Å². The predicted octanol–water partition coefficient (Wildman–Crippen LogP) is 4.03. The third kappa shape index (κ3) is 3.44. The van der Waals surface area contributed by atoms with E-state index in [1.807, 2.05) is 0 Å². The Kier molecular flexibility index (Phi) is 3.58. The van der Waals surface area contributed by atoms with Crippen LogP contribution in [0.25, 0.3) is 0 Å². The largest absolute Gasteiger partial charge is 0.0914 e. The Morgan fingerprint density at radius 3 is 2.07 bits per heavy atom. The van der Waals surface area contributed by atoms with Gasteiger partial charge in [-0.05, 0) is 38.8 Å². The van der Waals surface area contributed by atoms with Crippen molar-refractivity contribution in [1.82, 2.24) is 0 Å². The summed E-state index contributed by atoms with van der Waals surface area (Å²) in [5, 5.41) is 0. The number of benzene rings is 1. The molecule has 0 aromatic heterocycles. The lowest BCUT2D eigenvalue weighted by atomic mass is 9.82. The van der Waals surface area contributed by atoms with E-state index in [0.717, 1.165) is 5.56 Å². The summed E-state index contributed by atoms with van der Waals surface area (Å²) in [6.45, 7) is 10.9. The molecule has 0 N–H and O–H groups in total. The number of aryl methyl sites for hydroxylation is 1. The molecule has 15 heavy (non-hydrogen) atoms. The molecule has 0 aliphatic heterocycles. The molecule has 0 heteroatoms. The Morgan fingerprint density at radius 2 is 1.60 bits per heavy atom. The van der Waals surface area contributed by atoms with Crippen molar-refractivity contribution < 1.29 is 0 Å². The second-order valence-electron chi connectivity index (χ2n) is 4.99. The van der Waals surface area contributed by atoms with Gasteiger partial charge in [-0.15, -0.1) is 0 Å². The van der Waals surface area contributed by atoms with Crippen LogP contribution in [0.4, 0.5) is 0 Å². The minimum Gasteiger partial charge on any atom is -0.0914 e. The third-order valence-electron chi connectivity index (χ3n) is 3.02. The van der Waals surface area contributed by atoms with Gasteiger partial charge >= 0.3 is 0 Å². The molecule has 0 bridgehead atoms. The number of hydrogen-bond acceptors (Lipinski definition) is 0. The average molecular weight is 200 g/mol. The highest BCUT2D eigenvalue weighted by Gasteiger charge is 2.18. The molecule has 0 nitrogen and oxygen atoms in total. The summed E-state index contributed by atoms with van der Waals surface area (Å²) in [6, 6.07) is 8.37. The van der Waals surface area contributed by atoms with Crippen LogP contribution in [0.15, 0.2) is 24.3 Å². The van der Waals surface area contributed by atoms with Gasteiger partial charge in [-0.1, -0.05) is 43.4 Å². The highest BCUT2D eigenvalue weighted by atomic mass is 14.2. The van der Waals surface area contributed by atoms with Crippen LogP contribution in [0, 0.1) is 30.1 Å². The molecule has 0 amide bonds. The van der Waals surface area contributed by atoms with E-state index in [0.29, 0.717) is 5.92 Å². The van der Waals surface area contributed by atoms with Crippen LogP contribution in [-0.4, -0.2) is 0 Å². The summed E-state index contributed by atoms with van der Waals surface area (Å²) in [7, 11) is 0. The Morgan fingerprint density at radius 1 is 1.07 bits per heavy atom. The molecule has 0 atom stereocenters. The molecule has 80 valence electrons. The first-order valence-electron chi connectivity index (χ1n) is 5.51. The summed E-state index contributed by atoms with van der Waals surface area (Å²) in [5.41, 5.74) is 2.48. The van der Waals surface area contributed by atoms with Crippen molar-refractivity contribution in [2.24, 2.45) is 11.3 Å². The van der Waals surface area contributed by atoms with Crippen LogP contribution in [0.1, 0.15) is 38.8 Å². The molecule has 1 rings (SSSR count). The first-order valence-corrected chi connectivity index (χ1v) is 5.51. The fraction of sp³-hybridized carbons (Fsp3) is 0.467. The lowest BCUT2D eigenvalue weighted by Gasteiger charge is -2.22. The monoisotopic (exact) mass is 200 g/mol. The maximum atomic E-state index is 3.34. The molecular weight excluding hydrogens is 180 g/mol. The molecule has 0 saturated carbocycles. The van der Waals surface area contributed by atoms with Crippen LogP contribution in [-0.2, 0) is 0 Å². The lowest BCUT2D eigenvalue weighted by molar-refractivity contribution is 0.350. The fourth-order valence-corrected chi connectivity index (χ4v) is 1.01. The van der Waals surface area contributed by atoms with E-state index in [1.54, 1.807) is 0 Å². The molecule has 0 aliphatic carbocycles. The van der Waals surface area contributed by atoms with E-state index in [1.165, 1.54) is 5.56 Å². The highest BCUT2D eigenvalue weighted by Crippen LogP contribution is 2.24. The molecule has 1 aromatic rings. The van der Waals surface area contributed by atoms with Crippen molar-refractivity contribution in [2.75, 3.05) is 0 Å². The Bertz CT molecular complexity index is 369. The zero-order valence-electron chi connectivity index (χ0n) is 10.4. The zero-order valence-corrected chi connectivity index (χ0v) is 10.4. The molecule has 0 spiro atoms. The third-order valence-corrected chi connectivity index (χ3v) is 3.02. The van der Waals surface area contributed by atoms with Gasteiger partial charge in [0.25, 0.3) is 0 Å². The molecule has 0 radical (unpaired) electrons. The molecule has 0 unspecified atom stereocenters. The predicted molar refractivity (Wildman–Crippen MR) is 66.7 cm³/mol. The van der Waals surface area contributed by atoms with E-state index in [2.05, 4.69) is 70.7 Å². The molecular formula is C15H20. The lowest BCUT2D eigenvalue weighted by Crippen LogP contribution is -2.16. The van der Waals surface area contributed by atoms with Crippen molar-refractivity contribution in [2.45, 2.75) is 34.6 Å². The van der Waals surface area contributed by atoms with Gasteiger partial charge in [0, 0.05) is 11.0 Å². The summed E-state index contributed by atoms with van der Waals surface area (Å²) in [4.78, 5) is 0. The molecule has 0 aliphatic rings. The first kappa shape index (κ1) is 11.9. The van der Waals surface area contributed by atoms with Crippen molar-refractivity contribution >= 4 is 0 Å². The van der Waals surface area contributed by atoms with Crippen LogP contribution < -0.4 is 0 Å². The van der Waals surface area contributed by atoms with Crippen molar-refractivity contribution in [3.63, 3.8) is 0 Å². The Balaban J connectivity index is 2.86. The second-order valence-corrected chi connectivity index (χ2v) is 4.99. The number of hydrogen-bond donors (Lipinski definition) is 0. The van der Waals surface area contributed by atoms with Crippen LogP contribution in [0.2, 0.25) is 0 Å². The first-order chi connectivity index (χ1) is 6.92. The maximum absolute atomic E-state index is 3.34. The average Bonchev–Trinajstić information content (AvgIpc) is 2.17. The quantitative estimate of drug-likeness (QED) is 0.600. The van der Waals surface area contributed by atoms with Gasteiger partial charge in [0.2, 0.25) is 0 Å². The Hall–Kier alpha value is -1.22. The highest BCUT2D eigenvalue weighted by molar-refractivity contribution is 5.37. The van der Waals surface area contributed by atoms with Gasteiger partial charge in [-0.3, -0.25) is 0 Å². The van der Waals surface area contributed by atoms with Gasteiger partial charge in [-0.2, -0.15) is 0 Å². The van der Waals surface area contributed by atoms with Crippen LogP contribution in [0.3, 0.4) is 0 Å². The SMILES string of the molecule is Cc1ccc(C#CC(C)(C)C(C)C)cc1. The van der Waals surface area contributed by atoms with Gasteiger partial charge in [0.05, 0.1) is 0 Å². The smallest absolute Gasteiger partial charge is 0.0285 e. The fourth-order valence-electron chi connectivity index (χ4n) is 1.01. The van der Waals surface area contributed by atoms with Gasteiger partial charge < -0.3 is 0 Å². The molecule has 0 fully saturated rings. The Labute approximate surface area is 93.7 Å². The van der Waals surface area contributed by atoms with Crippen molar-refractivity contribution in [3.05, 3.63) is 35.4 Å². The standard InChI is InChI=1S/C15H20/c1-12(2)15(4,5)11-10-14-8-6-13(3)7-9-14/h6-9,12H,1-5H3. The minimum absolute atomic E-state index is 0.0882. The molecule has 0 saturated heterocycles. The van der Waals surface area contributed by atoms with E-state index < -0.39 is 0 Å². The minimum atomic E-state index is 0.0882.